The second-order valence-corrected chi connectivity index (χ2v) is 6.50. The number of hydrogen-bond donors (Lipinski definition) is 0. The Bertz CT molecular complexity index is 610. The molecule has 0 atom stereocenters. The first-order valence-corrected chi connectivity index (χ1v) is 8.61. The summed E-state index contributed by atoms with van der Waals surface area (Å²) in [6.45, 7) is 5.67. The highest BCUT2D eigenvalue weighted by Gasteiger charge is 2.14. The molecule has 0 unspecified atom stereocenters. The minimum Gasteiger partial charge on any atom is -0.379 e. The Kier molecular flexibility index (Phi) is 5.16. The molecular weight excluding hydrogens is 354 g/mol. The second kappa shape index (κ2) is 7.09. The average Bonchev–Trinajstić information content (AvgIpc) is 2.83. The third-order valence-electron chi connectivity index (χ3n) is 3.85. The van der Waals surface area contributed by atoms with Crippen molar-refractivity contribution in [2.24, 2.45) is 0 Å². The molecule has 1 saturated heterocycles. The van der Waals surface area contributed by atoms with E-state index in [-0.39, 0.29) is 0 Å². The molecule has 1 fully saturated rings. The van der Waals surface area contributed by atoms with Gasteiger partial charge in [0, 0.05) is 43.0 Å². The molecule has 0 bridgehead atoms. The third-order valence-corrected chi connectivity index (χ3v) is 4.53. The molecule has 0 N–H and O–H groups in total. The van der Waals surface area contributed by atoms with E-state index < -0.39 is 0 Å². The minimum absolute atomic E-state index is 0.599. The van der Waals surface area contributed by atoms with Gasteiger partial charge in [0.1, 0.15) is 5.82 Å². The van der Waals surface area contributed by atoms with E-state index in [1.165, 1.54) is 5.52 Å². The van der Waals surface area contributed by atoms with Crippen molar-refractivity contribution in [1.82, 2.24) is 14.5 Å². The van der Waals surface area contributed by atoms with Gasteiger partial charge >= 0.3 is 0 Å². The van der Waals surface area contributed by atoms with E-state index in [9.17, 15) is 0 Å². The number of nitrogens with zero attached hydrogens (tertiary/aromatic N) is 3. The summed E-state index contributed by atoms with van der Waals surface area (Å²) >= 11 is 9.47. The molecule has 2 aromatic rings. The molecule has 4 nitrogen and oxygen atoms in total. The van der Waals surface area contributed by atoms with Crippen molar-refractivity contribution >= 4 is 38.6 Å². The molecule has 1 aromatic heterocycles. The molecule has 3 rings (SSSR count). The number of imidazole rings is 1. The zero-order chi connectivity index (χ0) is 14.7. The summed E-state index contributed by atoms with van der Waals surface area (Å²) in [5, 5.41) is 0. The summed E-state index contributed by atoms with van der Waals surface area (Å²) < 4.78 is 8.79. The van der Waals surface area contributed by atoms with E-state index in [2.05, 4.69) is 37.5 Å². The monoisotopic (exact) mass is 371 g/mol. The molecular formula is C15H19BrClN3O. The molecule has 0 spiro atoms. The lowest BCUT2D eigenvalue weighted by molar-refractivity contribution is 0.0364. The van der Waals surface area contributed by atoms with Gasteiger partial charge in [-0.25, -0.2) is 4.98 Å². The molecule has 1 aliphatic rings. The van der Waals surface area contributed by atoms with Gasteiger partial charge in [0.05, 0.1) is 24.2 Å². The van der Waals surface area contributed by atoms with Crippen LogP contribution in [0.3, 0.4) is 0 Å². The van der Waals surface area contributed by atoms with Gasteiger partial charge < -0.3 is 9.30 Å². The molecule has 6 heteroatoms. The highest BCUT2D eigenvalue weighted by atomic mass is 79.9. The van der Waals surface area contributed by atoms with E-state index in [1.54, 1.807) is 0 Å². The number of ether oxygens (including phenoxy) is 1. The number of rotatable bonds is 5. The molecule has 1 aromatic carbocycles. The van der Waals surface area contributed by atoms with Crippen LogP contribution in [0, 0.1) is 0 Å². The third kappa shape index (κ3) is 3.59. The zero-order valence-electron chi connectivity index (χ0n) is 11.9. The second-order valence-electron chi connectivity index (χ2n) is 5.21. The standard InChI is InChI=1S/C15H19BrClN3O/c16-12-1-2-13-14(11-12)20(15(18-13)3-4-17)6-5-19-7-9-21-10-8-19/h1-2,11H,3-10H2. The van der Waals surface area contributed by atoms with E-state index in [4.69, 9.17) is 21.3 Å². The van der Waals surface area contributed by atoms with Gasteiger partial charge in [-0.3, -0.25) is 4.90 Å². The fourth-order valence-electron chi connectivity index (χ4n) is 2.74. The molecule has 0 aliphatic carbocycles. The van der Waals surface area contributed by atoms with Crippen LogP contribution < -0.4 is 0 Å². The van der Waals surface area contributed by atoms with Gasteiger partial charge in [-0.2, -0.15) is 0 Å². The van der Waals surface area contributed by atoms with Crippen LogP contribution in [0.2, 0.25) is 0 Å². The number of alkyl halides is 1. The maximum absolute atomic E-state index is 5.93. The number of fused-ring (bicyclic) bond motifs is 1. The fourth-order valence-corrected chi connectivity index (χ4v) is 3.25. The summed E-state index contributed by atoms with van der Waals surface area (Å²) in [5.74, 6) is 1.67. The Morgan fingerprint density at radius 3 is 2.81 bits per heavy atom. The summed E-state index contributed by atoms with van der Waals surface area (Å²) in [6.07, 6.45) is 0.803. The topological polar surface area (TPSA) is 30.3 Å². The van der Waals surface area contributed by atoms with Crippen LogP contribution in [-0.4, -0.2) is 53.2 Å². The Morgan fingerprint density at radius 1 is 1.24 bits per heavy atom. The van der Waals surface area contributed by atoms with E-state index in [1.807, 2.05) is 6.07 Å². The number of hydrogen-bond acceptors (Lipinski definition) is 3. The first kappa shape index (κ1) is 15.3. The van der Waals surface area contributed by atoms with Gasteiger partial charge in [-0.15, -0.1) is 11.6 Å². The van der Waals surface area contributed by atoms with Crippen molar-refractivity contribution < 1.29 is 4.74 Å². The maximum Gasteiger partial charge on any atom is 0.111 e. The molecule has 21 heavy (non-hydrogen) atoms. The highest BCUT2D eigenvalue weighted by Crippen LogP contribution is 2.21. The van der Waals surface area contributed by atoms with Crippen molar-refractivity contribution in [3.63, 3.8) is 0 Å². The number of aryl methyl sites for hydroxylation is 1. The Labute approximate surface area is 138 Å². The SMILES string of the molecule is ClCCc1nc2ccc(Br)cc2n1CCN1CCOCC1. The maximum atomic E-state index is 5.93. The van der Waals surface area contributed by atoms with Crippen LogP contribution in [0.5, 0.6) is 0 Å². The van der Waals surface area contributed by atoms with Crippen molar-refractivity contribution in [3.05, 3.63) is 28.5 Å². The van der Waals surface area contributed by atoms with Gasteiger partial charge in [-0.1, -0.05) is 15.9 Å². The van der Waals surface area contributed by atoms with Crippen LogP contribution in [-0.2, 0) is 17.7 Å². The normalized spacial score (nSPS) is 16.7. The highest BCUT2D eigenvalue weighted by molar-refractivity contribution is 9.10. The molecule has 0 radical (unpaired) electrons. The molecule has 0 saturated carbocycles. The van der Waals surface area contributed by atoms with Crippen LogP contribution in [0.25, 0.3) is 11.0 Å². The van der Waals surface area contributed by atoms with Gasteiger partial charge in [0.25, 0.3) is 0 Å². The quantitative estimate of drug-likeness (QED) is 0.756. The van der Waals surface area contributed by atoms with E-state index in [0.717, 1.165) is 61.6 Å². The number of aromatic nitrogens is 2. The summed E-state index contributed by atoms with van der Waals surface area (Å²) in [5.41, 5.74) is 2.22. The summed E-state index contributed by atoms with van der Waals surface area (Å²) in [6, 6.07) is 6.23. The van der Waals surface area contributed by atoms with Gasteiger partial charge in [0.2, 0.25) is 0 Å². The molecule has 0 amide bonds. The largest absolute Gasteiger partial charge is 0.379 e. The molecule has 114 valence electrons. The predicted octanol–water partition coefficient (Wildman–Crippen LogP) is 2.91. The number of halogens is 2. The van der Waals surface area contributed by atoms with Gasteiger partial charge in [-0.05, 0) is 18.2 Å². The van der Waals surface area contributed by atoms with Crippen molar-refractivity contribution in [3.8, 4) is 0 Å². The lowest BCUT2D eigenvalue weighted by atomic mass is 10.3. The van der Waals surface area contributed by atoms with E-state index >= 15 is 0 Å². The summed E-state index contributed by atoms with van der Waals surface area (Å²) in [4.78, 5) is 7.16. The smallest absolute Gasteiger partial charge is 0.111 e. The van der Waals surface area contributed by atoms with Crippen LogP contribution in [0.4, 0.5) is 0 Å². The number of morpholine rings is 1. The Balaban J connectivity index is 1.83. The van der Waals surface area contributed by atoms with Crippen molar-refractivity contribution in [2.75, 3.05) is 38.7 Å². The Hall–Kier alpha value is -0.620. The van der Waals surface area contributed by atoms with Crippen LogP contribution >= 0.6 is 27.5 Å². The lowest BCUT2D eigenvalue weighted by Gasteiger charge is -2.27. The fraction of sp³-hybridized carbons (Fsp3) is 0.533. The van der Waals surface area contributed by atoms with Gasteiger partial charge in [0.15, 0.2) is 0 Å². The van der Waals surface area contributed by atoms with Crippen molar-refractivity contribution in [2.45, 2.75) is 13.0 Å². The molecule has 2 heterocycles. The zero-order valence-corrected chi connectivity index (χ0v) is 14.2. The first-order chi connectivity index (χ1) is 10.3. The minimum atomic E-state index is 0.599. The van der Waals surface area contributed by atoms with Crippen LogP contribution in [0.1, 0.15) is 5.82 Å². The lowest BCUT2D eigenvalue weighted by Crippen LogP contribution is -2.38. The Morgan fingerprint density at radius 2 is 2.05 bits per heavy atom. The average molecular weight is 373 g/mol. The predicted molar refractivity (Wildman–Crippen MR) is 89.1 cm³/mol. The first-order valence-electron chi connectivity index (χ1n) is 7.28. The molecule has 1 aliphatic heterocycles. The van der Waals surface area contributed by atoms with Crippen molar-refractivity contribution in [1.29, 1.82) is 0 Å². The van der Waals surface area contributed by atoms with E-state index in [0.29, 0.717) is 5.88 Å². The summed E-state index contributed by atoms with van der Waals surface area (Å²) in [7, 11) is 0. The van der Waals surface area contributed by atoms with Crippen LogP contribution in [0.15, 0.2) is 22.7 Å². The number of benzene rings is 1.